The summed E-state index contributed by atoms with van der Waals surface area (Å²) in [4.78, 5) is 5.32. The van der Waals surface area contributed by atoms with Crippen molar-refractivity contribution in [2.75, 3.05) is 6.54 Å². The summed E-state index contributed by atoms with van der Waals surface area (Å²) >= 11 is 1.53. The lowest BCUT2D eigenvalue weighted by molar-refractivity contribution is 0.582. The van der Waals surface area contributed by atoms with Crippen molar-refractivity contribution in [1.82, 2.24) is 9.71 Å². The fraction of sp³-hybridized carbons (Fsp3) is 0.250. The van der Waals surface area contributed by atoms with Crippen molar-refractivity contribution in [3.8, 4) is 0 Å². The highest BCUT2D eigenvalue weighted by Gasteiger charge is 2.12. The predicted octanol–water partition coefficient (Wildman–Crippen LogP) is 1.97. The first kappa shape index (κ1) is 13.2. The van der Waals surface area contributed by atoms with E-state index in [0.717, 1.165) is 10.4 Å². The number of nitrogens with zero attached hydrogens (tertiary/aromatic N) is 1. The number of rotatable bonds is 5. The fourth-order valence-electron chi connectivity index (χ4n) is 1.47. The lowest BCUT2D eigenvalue weighted by Crippen LogP contribution is -2.25. The van der Waals surface area contributed by atoms with Crippen molar-refractivity contribution in [2.24, 2.45) is 0 Å². The average molecular weight is 282 g/mol. The Morgan fingerprint density at radius 1 is 1.28 bits per heavy atom. The SMILES string of the molecule is Cc1ccc(S(=O)(=O)NCCc2cncs2)cc1. The molecule has 0 aliphatic carbocycles. The molecule has 6 heteroatoms. The van der Waals surface area contributed by atoms with Gasteiger partial charge in [-0.2, -0.15) is 0 Å². The Hall–Kier alpha value is -1.24. The summed E-state index contributed by atoms with van der Waals surface area (Å²) in [5, 5.41) is 0. The smallest absolute Gasteiger partial charge is 0.240 e. The van der Waals surface area contributed by atoms with E-state index in [0.29, 0.717) is 17.9 Å². The van der Waals surface area contributed by atoms with Crippen LogP contribution in [0.4, 0.5) is 0 Å². The van der Waals surface area contributed by atoms with Crippen LogP contribution in [-0.4, -0.2) is 19.9 Å². The summed E-state index contributed by atoms with van der Waals surface area (Å²) in [6, 6.07) is 6.81. The Morgan fingerprint density at radius 2 is 2.00 bits per heavy atom. The normalized spacial score (nSPS) is 11.6. The number of aromatic nitrogens is 1. The van der Waals surface area contributed by atoms with Crippen molar-refractivity contribution in [3.63, 3.8) is 0 Å². The summed E-state index contributed by atoms with van der Waals surface area (Å²) in [5.41, 5.74) is 2.78. The first-order valence-electron chi connectivity index (χ1n) is 5.51. The number of benzene rings is 1. The van der Waals surface area contributed by atoms with Crippen LogP contribution in [0.3, 0.4) is 0 Å². The molecule has 0 fully saturated rings. The summed E-state index contributed by atoms with van der Waals surface area (Å²) in [6.07, 6.45) is 2.42. The van der Waals surface area contributed by atoms with Gasteiger partial charge in [-0.15, -0.1) is 11.3 Å². The van der Waals surface area contributed by atoms with Gasteiger partial charge in [-0.05, 0) is 25.5 Å². The quantitative estimate of drug-likeness (QED) is 0.912. The highest BCUT2D eigenvalue weighted by atomic mass is 32.2. The molecule has 1 aromatic carbocycles. The maximum atomic E-state index is 11.9. The van der Waals surface area contributed by atoms with E-state index in [2.05, 4.69) is 9.71 Å². The third-order valence-electron chi connectivity index (χ3n) is 2.48. The van der Waals surface area contributed by atoms with Crippen LogP contribution in [0, 0.1) is 6.92 Å². The van der Waals surface area contributed by atoms with Gasteiger partial charge in [0.25, 0.3) is 0 Å². The van der Waals surface area contributed by atoms with Crippen LogP contribution >= 0.6 is 11.3 Å². The molecule has 0 aliphatic rings. The average Bonchev–Trinajstić information content (AvgIpc) is 2.82. The van der Waals surface area contributed by atoms with E-state index in [1.54, 1.807) is 36.0 Å². The molecule has 18 heavy (non-hydrogen) atoms. The van der Waals surface area contributed by atoms with Crippen molar-refractivity contribution in [1.29, 1.82) is 0 Å². The number of aryl methyl sites for hydroxylation is 1. The molecule has 0 spiro atoms. The van der Waals surface area contributed by atoms with Gasteiger partial charge in [0.15, 0.2) is 0 Å². The van der Waals surface area contributed by atoms with Crippen molar-refractivity contribution in [3.05, 3.63) is 46.4 Å². The molecule has 2 aromatic rings. The topological polar surface area (TPSA) is 59.1 Å². The van der Waals surface area contributed by atoms with Crippen LogP contribution in [0.1, 0.15) is 10.4 Å². The number of sulfonamides is 1. The first-order chi connectivity index (χ1) is 8.58. The molecule has 0 unspecified atom stereocenters. The van der Waals surface area contributed by atoms with Crippen molar-refractivity contribution < 1.29 is 8.42 Å². The minimum Gasteiger partial charge on any atom is -0.253 e. The maximum absolute atomic E-state index is 11.9. The summed E-state index contributed by atoms with van der Waals surface area (Å²) in [5.74, 6) is 0. The van der Waals surface area contributed by atoms with Gasteiger partial charge in [-0.3, -0.25) is 4.98 Å². The number of nitrogens with one attached hydrogen (secondary N) is 1. The molecule has 0 amide bonds. The van der Waals surface area contributed by atoms with E-state index in [1.165, 1.54) is 11.3 Å². The molecule has 4 nitrogen and oxygen atoms in total. The molecular formula is C12H14N2O2S2. The zero-order valence-electron chi connectivity index (χ0n) is 9.96. The van der Waals surface area contributed by atoms with Gasteiger partial charge in [-0.25, -0.2) is 13.1 Å². The highest BCUT2D eigenvalue weighted by Crippen LogP contribution is 2.10. The third-order valence-corrected chi connectivity index (χ3v) is 4.79. The van der Waals surface area contributed by atoms with Crippen LogP contribution in [-0.2, 0) is 16.4 Å². The molecule has 0 aliphatic heterocycles. The number of hydrogen-bond acceptors (Lipinski definition) is 4. The van der Waals surface area contributed by atoms with Gasteiger partial charge in [0, 0.05) is 17.6 Å². The highest BCUT2D eigenvalue weighted by molar-refractivity contribution is 7.89. The van der Waals surface area contributed by atoms with Gasteiger partial charge >= 0.3 is 0 Å². The zero-order chi connectivity index (χ0) is 13.0. The molecule has 0 atom stereocenters. The standard InChI is InChI=1S/C12H14N2O2S2/c1-10-2-4-12(5-3-10)18(15,16)14-7-6-11-8-13-9-17-11/h2-5,8-9,14H,6-7H2,1H3. The van der Waals surface area contributed by atoms with E-state index in [4.69, 9.17) is 0 Å². The molecular weight excluding hydrogens is 268 g/mol. The van der Waals surface area contributed by atoms with Crippen LogP contribution in [0.25, 0.3) is 0 Å². The Labute approximate surface area is 111 Å². The first-order valence-corrected chi connectivity index (χ1v) is 7.88. The molecule has 1 N–H and O–H groups in total. The van der Waals surface area contributed by atoms with Gasteiger partial charge in [0.1, 0.15) is 0 Å². The second kappa shape index (κ2) is 5.60. The van der Waals surface area contributed by atoms with Crippen LogP contribution in [0.5, 0.6) is 0 Å². The van der Waals surface area contributed by atoms with E-state index in [-0.39, 0.29) is 0 Å². The van der Waals surface area contributed by atoms with Gasteiger partial charge in [-0.1, -0.05) is 17.7 Å². The van der Waals surface area contributed by atoms with Gasteiger partial charge < -0.3 is 0 Å². The third kappa shape index (κ3) is 3.38. The largest absolute Gasteiger partial charge is 0.253 e. The molecule has 1 heterocycles. The van der Waals surface area contributed by atoms with E-state index < -0.39 is 10.0 Å². The molecule has 0 saturated carbocycles. The molecule has 0 radical (unpaired) electrons. The predicted molar refractivity (Wildman–Crippen MR) is 72.2 cm³/mol. The number of hydrogen-bond donors (Lipinski definition) is 1. The summed E-state index contributed by atoms with van der Waals surface area (Å²) in [6.45, 7) is 2.31. The number of thiazole rings is 1. The molecule has 0 saturated heterocycles. The Bertz CT molecular complexity index is 590. The van der Waals surface area contributed by atoms with Gasteiger partial charge in [0.05, 0.1) is 10.4 Å². The molecule has 1 aromatic heterocycles. The summed E-state index contributed by atoms with van der Waals surface area (Å²) in [7, 11) is -3.40. The second-order valence-corrected chi connectivity index (χ2v) is 6.67. The fourth-order valence-corrected chi connectivity index (χ4v) is 3.11. The molecule has 0 bridgehead atoms. The zero-order valence-corrected chi connectivity index (χ0v) is 11.6. The summed E-state index contributed by atoms with van der Waals surface area (Å²) < 4.78 is 26.5. The van der Waals surface area contributed by atoms with E-state index in [9.17, 15) is 8.42 Å². The Balaban J connectivity index is 1.97. The molecule has 2 rings (SSSR count). The van der Waals surface area contributed by atoms with E-state index >= 15 is 0 Å². The van der Waals surface area contributed by atoms with Crippen LogP contribution in [0.15, 0.2) is 40.9 Å². The lowest BCUT2D eigenvalue weighted by atomic mass is 10.2. The Morgan fingerprint density at radius 3 is 2.61 bits per heavy atom. The van der Waals surface area contributed by atoms with Gasteiger partial charge in [0.2, 0.25) is 10.0 Å². The van der Waals surface area contributed by atoms with Crippen molar-refractivity contribution in [2.45, 2.75) is 18.2 Å². The monoisotopic (exact) mass is 282 g/mol. The van der Waals surface area contributed by atoms with Crippen LogP contribution < -0.4 is 4.72 Å². The Kier molecular flexibility index (Phi) is 4.11. The maximum Gasteiger partial charge on any atom is 0.240 e. The molecule has 96 valence electrons. The minimum absolute atomic E-state index is 0.303. The lowest BCUT2D eigenvalue weighted by Gasteiger charge is -2.06. The van der Waals surface area contributed by atoms with E-state index in [1.807, 2.05) is 6.92 Å². The van der Waals surface area contributed by atoms with Crippen molar-refractivity contribution >= 4 is 21.4 Å². The van der Waals surface area contributed by atoms with Crippen LogP contribution in [0.2, 0.25) is 0 Å². The minimum atomic E-state index is -3.40. The second-order valence-electron chi connectivity index (χ2n) is 3.93.